The third-order valence-corrected chi connectivity index (χ3v) is 5.79. The number of β-amino-alcohol motifs (C(OH)–C–C–N with tert-alkyl or cyclic N) is 1. The number of carbonyl (C=O) groups is 2. The molecule has 3 aliphatic rings. The molecule has 8 nitrogen and oxygen atoms in total. The molecule has 2 atom stereocenters. The zero-order chi connectivity index (χ0) is 20.2. The van der Waals surface area contributed by atoms with Crippen LogP contribution < -0.4 is 0 Å². The Labute approximate surface area is 168 Å². The number of fused-ring (bicyclic) bond motifs is 3. The van der Waals surface area contributed by atoms with Gasteiger partial charge in [-0.2, -0.15) is 0 Å². The number of allylic oxidation sites excluding steroid dienone is 2. The highest BCUT2D eigenvalue weighted by Gasteiger charge is 2.55. The largest absolute Gasteiger partial charge is 0.395 e. The van der Waals surface area contributed by atoms with Gasteiger partial charge in [0.1, 0.15) is 0 Å². The molecule has 0 radical (unpaired) electrons. The van der Waals surface area contributed by atoms with E-state index in [9.17, 15) is 14.7 Å². The van der Waals surface area contributed by atoms with Crippen molar-refractivity contribution >= 4 is 29.5 Å². The van der Waals surface area contributed by atoms with Crippen LogP contribution >= 0.6 is 11.6 Å². The zero-order valence-electron chi connectivity index (χ0n) is 16.0. The highest BCUT2D eigenvalue weighted by molar-refractivity contribution is 6.30. The van der Waals surface area contributed by atoms with Crippen molar-refractivity contribution in [2.45, 2.75) is 32.6 Å². The number of urea groups is 1. The average Bonchev–Trinajstić information content (AvgIpc) is 3.16. The lowest BCUT2D eigenvalue weighted by Crippen LogP contribution is -2.64. The van der Waals surface area contributed by atoms with Gasteiger partial charge in [0.2, 0.25) is 5.96 Å². The molecule has 1 aromatic rings. The van der Waals surface area contributed by atoms with E-state index in [-0.39, 0.29) is 25.1 Å². The van der Waals surface area contributed by atoms with Crippen molar-refractivity contribution in [2.75, 3.05) is 20.2 Å². The number of hydrogen-bond acceptors (Lipinski definition) is 6. The van der Waals surface area contributed by atoms with E-state index in [2.05, 4.69) is 4.99 Å². The molecule has 148 valence electrons. The minimum absolute atomic E-state index is 0.0313. The summed E-state index contributed by atoms with van der Waals surface area (Å²) in [6, 6.07) is 6.13. The number of halogens is 1. The molecule has 1 N–H and O–H groups in total. The number of amides is 3. The van der Waals surface area contributed by atoms with Gasteiger partial charge in [0.25, 0.3) is 5.91 Å². The molecule has 0 aromatic heterocycles. The number of rotatable bonds is 4. The lowest BCUT2D eigenvalue weighted by Gasteiger charge is -2.40. The molecule has 0 aliphatic carbocycles. The molecule has 1 aromatic carbocycles. The maximum absolute atomic E-state index is 13.4. The van der Waals surface area contributed by atoms with Crippen molar-refractivity contribution in [3.8, 4) is 0 Å². The van der Waals surface area contributed by atoms with Gasteiger partial charge in [0.05, 0.1) is 13.2 Å². The molecule has 2 unspecified atom stereocenters. The summed E-state index contributed by atoms with van der Waals surface area (Å²) in [5.74, 6) is 0.321. The molecule has 9 heteroatoms. The van der Waals surface area contributed by atoms with E-state index < -0.39 is 12.2 Å². The molecule has 0 spiro atoms. The van der Waals surface area contributed by atoms with Gasteiger partial charge in [-0.25, -0.2) is 9.79 Å². The second kappa shape index (κ2) is 6.79. The molecular formula is C19H22ClN5O3. The van der Waals surface area contributed by atoms with Crippen LogP contribution in [0.1, 0.15) is 19.4 Å². The third kappa shape index (κ3) is 2.67. The van der Waals surface area contributed by atoms with Crippen LogP contribution in [0.4, 0.5) is 4.79 Å². The van der Waals surface area contributed by atoms with Gasteiger partial charge >= 0.3 is 6.03 Å². The first-order valence-corrected chi connectivity index (χ1v) is 9.48. The number of carbonyl (C=O) groups excluding carboxylic acids is 2. The Morgan fingerprint density at radius 2 is 1.93 bits per heavy atom. The molecule has 0 saturated carbocycles. The van der Waals surface area contributed by atoms with E-state index >= 15 is 0 Å². The Kier molecular flexibility index (Phi) is 4.55. The minimum Gasteiger partial charge on any atom is -0.395 e. The van der Waals surface area contributed by atoms with Crippen LogP contribution in [0.25, 0.3) is 0 Å². The lowest BCUT2D eigenvalue weighted by atomic mass is 10.1. The van der Waals surface area contributed by atoms with Crippen molar-refractivity contribution in [2.24, 2.45) is 4.99 Å². The Bertz CT molecular complexity index is 915. The number of aliphatic hydroxyl groups excluding tert-OH is 1. The fourth-order valence-electron chi connectivity index (χ4n) is 4.01. The topological polar surface area (TPSA) is 79.7 Å². The van der Waals surface area contributed by atoms with Gasteiger partial charge in [-0.3, -0.25) is 14.6 Å². The van der Waals surface area contributed by atoms with E-state index in [0.29, 0.717) is 17.5 Å². The Morgan fingerprint density at radius 1 is 1.18 bits per heavy atom. The quantitative estimate of drug-likeness (QED) is 0.827. The van der Waals surface area contributed by atoms with E-state index in [1.807, 2.05) is 29.7 Å². The molecular weight excluding hydrogens is 382 g/mol. The van der Waals surface area contributed by atoms with E-state index in [1.54, 1.807) is 25.2 Å². The molecule has 1 fully saturated rings. The molecule has 1 saturated heterocycles. The minimum atomic E-state index is -0.615. The number of benzene rings is 1. The predicted octanol–water partition coefficient (Wildman–Crippen LogP) is 1.66. The van der Waals surface area contributed by atoms with Crippen molar-refractivity contribution < 1.29 is 14.7 Å². The first-order chi connectivity index (χ1) is 13.3. The van der Waals surface area contributed by atoms with Gasteiger partial charge in [-0.15, -0.1) is 0 Å². The number of imide groups is 1. The van der Waals surface area contributed by atoms with Crippen molar-refractivity contribution in [3.05, 3.63) is 46.2 Å². The van der Waals surface area contributed by atoms with Crippen LogP contribution in [-0.4, -0.2) is 75.0 Å². The van der Waals surface area contributed by atoms with Gasteiger partial charge in [-0.05, 0) is 31.5 Å². The summed E-state index contributed by atoms with van der Waals surface area (Å²) in [6.45, 7) is 4.37. The summed E-state index contributed by atoms with van der Waals surface area (Å²) >= 11 is 6.05. The fourth-order valence-corrected chi connectivity index (χ4v) is 4.22. The second-order valence-corrected chi connectivity index (χ2v) is 7.59. The fraction of sp³-hybridized carbons (Fsp3) is 0.421. The third-order valence-electron chi connectivity index (χ3n) is 5.56. The monoisotopic (exact) mass is 403 g/mol. The highest BCUT2D eigenvalue weighted by Crippen LogP contribution is 2.37. The molecule has 0 bridgehead atoms. The second-order valence-electron chi connectivity index (χ2n) is 7.15. The van der Waals surface area contributed by atoms with Gasteiger partial charge < -0.3 is 14.9 Å². The Morgan fingerprint density at radius 3 is 2.61 bits per heavy atom. The van der Waals surface area contributed by atoms with Crippen LogP contribution in [0.2, 0.25) is 5.02 Å². The number of aliphatic imine (C=N–C) groups is 1. The number of hydrogen-bond donors (Lipinski definition) is 1. The number of likely N-dealkylation sites (N-methyl/N-ethyl adjacent to an activating group) is 1. The van der Waals surface area contributed by atoms with Crippen molar-refractivity contribution in [1.29, 1.82) is 0 Å². The van der Waals surface area contributed by atoms with Crippen molar-refractivity contribution in [1.82, 2.24) is 19.6 Å². The van der Waals surface area contributed by atoms with E-state index in [0.717, 1.165) is 17.0 Å². The normalized spacial score (nSPS) is 24.2. The number of aliphatic hydroxyl groups is 1. The summed E-state index contributed by atoms with van der Waals surface area (Å²) < 4.78 is 0. The predicted molar refractivity (Wildman–Crippen MR) is 104 cm³/mol. The maximum atomic E-state index is 13.4. The van der Waals surface area contributed by atoms with E-state index in [1.165, 1.54) is 9.80 Å². The maximum Gasteiger partial charge on any atom is 0.328 e. The summed E-state index contributed by atoms with van der Waals surface area (Å²) in [7, 11) is 1.66. The average molecular weight is 404 g/mol. The van der Waals surface area contributed by atoms with Crippen LogP contribution in [0.5, 0.6) is 0 Å². The van der Waals surface area contributed by atoms with Gasteiger partial charge in [0, 0.05) is 30.0 Å². The standard InChI is InChI=1S/C19H22ClN5O3/c1-11-12(2)25-15-16(21-18(25)23(11)7-8-26)22(3)19(28)24(17(15)27)10-13-5-4-6-14(20)9-13/h4-6,9,15-16,26H,7-8,10H2,1-3H3. The Balaban J connectivity index is 1.67. The van der Waals surface area contributed by atoms with Gasteiger partial charge in [0.15, 0.2) is 12.2 Å². The smallest absolute Gasteiger partial charge is 0.328 e. The first-order valence-electron chi connectivity index (χ1n) is 9.10. The van der Waals surface area contributed by atoms with Gasteiger partial charge in [-0.1, -0.05) is 23.7 Å². The van der Waals surface area contributed by atoms with E-state index in [4.69, 9.17) is 11.6 Å². The van der Waals surface area contributed by atoms with Crippen molar-refractivity contribution in [3.63, 3.8) is 0 Å². The summed E-state index contributed by atoms with van der Waals surface area (Å²) in [4.78, 5) is 37.4. The first kappa shape index (κ1) is 18.8. The lowest BCUT2D eigenvalue weighted by molar-refractivity contribution is -0.137. The van der Waals surface area contributed by atoms with Crippen LogP contribution in [-0.2, 0) is 11.3 Å². The number of nitrogens with zero attached hydrogens (tertiary/aromatic N) is 5. The molecule has 4 rings (SSSR count). The summed E-state index contributed by atoms with van der Waals surface area (Å²) in [6.07, 6.45) is -0.588. The zero-order valence-corrected chi connectivity index (χ0v) is 16.7. The molecule has 3 aliphatic heterocycles. The number of guanidine groups is 1. The highest BCUT2D eigenvalue weighted by atomic mass is 35.5. The molecule has 3 heterocycles. The Hall–Kier alpha value is -2.58. The summed E-state index contributed by atoms with van der Waals surface area (Å²) in [5.41, 5.74) is 2.63. The summed E-state index contributed by atoms with van der Waals surface area (Å²) in [5, 5.41) is 9.95. The van der Waals surface area contributed by atoms with Crippen LogP contribution in [0.15, 0.2) is 40.7 Å². The van der Waals surface area contributed by atoms with Crippen LogP contribution in [0, 0.1) is 0 Å². The van der Waals surface area contributed by atoms with Crippen LogP contribution in [0.3, 0.4) is 0 Å². The molecule has 28 heavy (non-hydrogen) atoms. The molecule has 3 amide bonds. The SMILES string of the molecule is CC1=C(C)N2C(=NC3C2C(=O)N(Cc2cccc(Cl)c2)C(=O)N3C)N1CCO.